The minimum Gasteiger partial charge on any atom is -0.463 e. The van der Waals surface area contributed by atoms with Crippen molar-refractivity contribution >= 4 is 70.1 Å². The van der Waals surface area contributed by atoms with Crippen LogP contribution < -0.4 is 4.90 Å². The number of nitrogens with zero attached hydrogens (tertiary/aromatic N) is 2. The first-order valence-electron chi connectivity index (χ1n) is 13.4. The predicted octanol–water partition coefficient (Wildman–Crippen LogP) is 3.90. The van der Waals surface area contributed by atoms with Crippen molar-refractivity contribution in [1.82, 2.24) is 0 Å². The van der Waals surface area contributed by atoms with Crippen LogP contribution in [-0.2, 0) is 47.7 Å². The Hall–Kier alpha value is -4.20. The van der Waals surface area contributed by atoms with E-state index in [0.717, 1.165) is 32.5 Å². The number of carbonyl (C=O) groups is 5. The first-order valence-corrected chi connectivity index (χ1v) is 14.6. The number of benzene rings is 2. The second-order valence-electron chi connectivity index (χ2n) is 9.64. The van der Waals surface area contributed by atoms with Crippen LogP contribution in [0, 0.1) is 0 Å². The molecule has 0 aromatic heterocycles. The maximum absolute atomic E-state index is 13.7. The molecule has 5 atom stereocenters. The number of ether oxygens (including phenoxy) is 5. The Morgan fingerprint density at radius 1 is 0.864 bits per heavy atom. The third-order valence-electron chi connectivity index (χ3n) is 6.19. The van der Waals surface area contributed by atoms with E-state index in [1.807, 2.05) is 0 Å². The van der Waals surface area contributed by atoms with Crippen molar-refractivity contribution in [2.24, 2.45) is 4.99 Å². The van der Waals surface area contributed by atoms with Gasteiger partial charge in [-0.15, -0.1) is 0 Å². The molecule has 0 radical (unpaired) electrons. The number of halogens is 1. The number of anilines is 1. The number of amides is 1. The van der Waals surface area contributed by atoms with E-state index < -0.39 is 59.6 Å². The zero-order valence-corrected chi connectivity index (χ0v) is 25.7. The summed E-state index contributed by atoms with van der Waals surface area (Å²) in [7, 11) is 0. The second kappa shape index (κ2) is 14.5. The normalized spacial score (nSPS) is 24.0. The van der Waals surface area contributed by atoms with Crippen molar-refractivity contribution in [3.8, 4) is 0 Å². The van der Waals surface area contributed by atoms with E-state index in [4.69, 9.17) is 35.3 Å². The van der Waals surface area contributed by atoms with Gasteiger partial charge in [0.05, 0.1) is 5.69 Å². The molecular formula is C30H29ClN2O10S. The molecule has 1 fully saturated rings. The summed E-state index contributed by atoms with van der Waals surface area (Å²) in [4.78, 5) is 67.8. The van der Waals surface area contributed by atoms with Crippen molar-refractivity contribution in [3.05, 3.63) is 70.9 Å². The number of esters is 4. The molecule has 0 saturated carbocycles. The van der Waals surface area contributed by atoms with E-state index in [2.05, 4.69) is 4.99 Å². The number of rotatable bonds is 8. The van der Waals surface area contributed by atoms with Crippen LogP contribution in [0.4, 0.5) is 5.69 Å². The van der Waals surface area contributed by atoms with Gasteiger partial charge in [-0.25, -0.2) is 4.99 Å². The van der Waals surface area contributed by atoms with Gasteiger partial charge in [-0.3, -0.25) is 28.9 Å². The van der Waals surface area contributed by atoms with Crippen molar-refractivity contribution < 1.29 is 47.7 Å². The highest BCUT2D eigenvalue weighted by molar-refractivity contribution is 8.14. The van der Waals surface area contributed by atoms with Gasteiger partial charge >= 0.3 is 23.9 Å². The van der Waals surface area contributed by atoms with Crippen molar-refractivity contribution in [2.75, 3.05) is 11.5 Å². The number of carbonyl (C=O) groups excluding carboxylic acids is 5. The summed E-state index contributed by atoms with van der Waals surface area (Å²) in [6.45, 7) is 4.23. The van der Waals surface area contributed by atoms with Crippen LogP contribution in [0.1, 0.15) is 33.3 Å². The number of hydrogen-bond acceptors (Lipinski definition) is 12. The molecule has 0 N–H and O–H groups in total. The van der Waals surface area contributed by atoms with Gasteiger partial charge in [0.25, 0.3) is 5.91 Å². The Labute approximate surface area is 262 Å². The van der Waals surface area contributed by atoms with E-state index in [1.165, 1.54) is 11.8 Å². The van der Waals surface area contributed by atoms with Gasteiger partial charge in [0, 0.05) is 32.7 Å². The van der Waals surface area contributed by atoms with Gasteiger partial charge in [-0.1, -0.05) is 53.7 Å². The van der Waals surface area contributed by atoms with Crippen molar-refractivity contribution in [3.63, 3.8) is 0 Å². The Bertz CT molecular complexity index is 1480. The minimum atomic E-state index is -1.36. The second-order valence-corrected chi connectivity index (χ2v) is 11.1. The molecule has 1 amide bonds. The van der Waals surface area contributed by atoms with Gasteiger partial charge in [-0.05, 0) is 35.9 Å². The molecule has 232 valence electrons. The maximum atomic E-state index is 13.7. The first-order chi connectivity index (χ1) is 20.9. The van der Waals surface area contributed by atoms with E-state index in [-0.39, 0.29) is 17.5 Å². The monoisotopic (exact) mass is 644 g/mol. The number of hydrogen-bond donors (Lipinski definition) is 0. The van der Waals surface area contributed by atoms with E-state index >= 15 is 0 Å². The quantitative estimate of drug-likeness (QED) is 0.234. The lowest BCUT2D eigenvalue weighted by Crippen LogP contribution is -2.61. The predicted molar refractivity (Wildman–Crippen MR) is 160 cm³/mol. The molecule has 4 rings (SSSR count). The van der Waals surface area contributed by atoms with Crippen molar-refractivity contribution in [2.45, 2.75) is 57.5 Å². The Balaban J connectivity index is 1.78. The molecule has 2 aromatic carbocycles. The first kappa shape index (κ1) is 32.7. The van der Waals surface area contributed by atoms with Gasteiger partial charge < -0.3 is 23.7 Å². The summed E-state index contributed by atoms with van der Waals surface area (Å²) in [5.74, 6) is -3.32. The lowest BCUT2D eigenvalue weighted by Gasteiger charge is -2.44. The lowest BCUT2D eigenvalue weighted by atomic mass is 9.99. The maximum Gasteiger partial charge on any atom is 0.303 e. The summed E-state index contributed by atoms with van der Waals surface area (Å²) < 4.78 is 27.9. The molecule has 0 unspecified atom stereocenters. The number of amidine groups is 1. The molecular weight excluding hydrogens is 616 g/mol. The summed E-state index contributed by atoms with van der Waals surface area (Å²) in [5.41, 5.74) is 0.0921. The smallest absolute Gasteiger partial charge is 0.303 e. The number of para-hydroxylation sites is 1. The topological polar surface area (TPSA) is 147 Å². The summed E-state index contributed by atoms with van der Waals surface area (Å²) >= 11 is 6.92. The standard InChI is InChI=1S/C30H29ClN2O10S/c1-16(34)39-15-24-25(40-17(2)35)26(41-18(3)36)27(42-19(4)37)29(43-24)44-30-32-23(14-20-10-12-21(31)13-11-20)28(38)33(30)22-8-6-5-7-9-22/h5-14,24-27,29H,15H2,1-4H3/b23-14+/t24-,25-,26+,27+,29+/m0/s1. The largest absolute Gasteiger partial charge is 0.463 e. The fraction of sp³-hybridized carbons (Fsp3) is 0.333. The fourth-order valence-electron chi connectivity index (χ4n) is 4.48. The van der Waals surface area contributed by atoms with Crippen LogP contribution in [-0.4, -0.2) is 71.4 Å². The molecule has 12 nitrogen and oxygen atoms in total. The highest BCUT2D eigenvalue weighted by Crippen LogP contribution is 2.38. The number of aliphatic imine (C=N–C) groups is 1. The Kier molecular flexibility index (Phi) is 10.8. The van der Waals surface area contributed by atoms with Gasteiger partial charge in [0.1, 0.15) is 18.4 Å². The van der Waals surface area contributed by atoms with Crippen LogP contribution >= 0.6 is 23.4 Å². The molecule has 0 bridgehead atoms. The van der Waals surface area contributed by atoms with E-state index in [9.17, 15) is 24.0 Å². The average molecular weight is 645 g/mol. The van der Waals surface area contributed by atoms with Gasteiger partial charge in [-0.2, -0.15) is 0 Å². The molecule has 14 heteroatoms. The lowest BCUT2D eigenvalue weighted by molar-refractivity contribution is -0.237. The van der Waals surface area contributed by atoms with Crippen LogP contribution in [0.15, 0.2) is 65.3 Å². The molecule has 1 saturated heterocycles. The van der Waals surface area contributed by atoms with Crippen LogP contribution in [0.2, 0.25) is 5.02 Å². The SMILES string of the molecule is CC(=O)OC[C@@H]1O[C@H](SC2=N/C(=C/c3ccc(Cl)cc3)C(=O)N2c2ccccc2)[C@H](OC(C)=O)[C@H](OC(C)=O)[C@H]1OC(C)=O. The fourth-order valence-corrected chi connectivity index (χ4v) is 5.81. The Morgan fingerprint density at radius 2 is 1.45 bits per heavy atom. The van der Waals surface area contributed by atoms with Crippen LogP contribution in [0.5, 0.6) is 0 Å². The summed E-state index contributed by atoms with van der Waals surface area (Å²) in [5, 5.41) is 0.682. The molecule has 2 heterocycles. The van der Waals surface area contributed by atoms with E-state index in [1.54, 1.807) is 60.7 Å². The average Bonchev–Trinajstić information content (AvgIpc) is 3.25. The zero-order valence-electron chi connectivity index (χ0n) is 24.1. The molecule has 2 aliphatic heterocycles. The molecule has 0 aliphatic carbocycles. The minimum absolute atomic E-state index is 0.101. The summed E-state index contributed by atoms with van der Waals surface area (Å²) in [6.07, 6.45) is -3.56. The zero-order chi connectivity index (χ0) is 32.0. The van der Waals surface area contributed by atoms with E-state index in [0.29, 0.717) is 16.3 Å². The highest BCUT2D eigenvalue weighted by atomic mass is 35.5. The Morgan fingerprint density at radius 3 is 2.05 bits per heavy atom. The highest BCUT2D eigenvalue weighted by Gasteiger charge is 2.53. The number of thioether (sulfide) groups is 1. The molecule has 2 aliphatic rings. The molecule has 44 heavy (non-hydrogen) atoms. The van der Waals surface area contributed by atoms with Crippen molar-refractivity contribution in [1.29, 1.82) is 0 Å². The van der Waals surface area contributed by atoms with Crippen LogP contribution in [0.25, 0.3) is 6.08 Å². The third kappa shape index (κ3) is 8.24. The molecule has 0 spiro atoms. The van der Waals surface area contributed by atoms with Crippen LogP contribution in [0.3, 0.4) is 0 Å². The van der Waals surface area contributed by atoms with Gasteiger partial charge in [0.2, 0.25) is 0 Å². The summed E-state index contributed by atoms with van der Waals surface area (Å²) in [6, 6.07) is 15.5. The van der Waals surface area contributed by atoms with Gasteiger partial charge in [0.15, 0.2) is 28.9 Å². The third-order valence-corrected chi connectivity index (χ3v) is 7.54. The molecule has 2 aromatic rings.